The van der Waals surface area contributed by atoms with Crippen LogP contribution in [-0.4, -0.2) is 70.4 Å². The van der Waals surface area contributed by atoms with Gasteiger partial charge in [0.1, 0.15) is 17.5 Å². The number of carbonyl (C=O) groups is 3. The van der Waals surface area contributed by atoms with Gasteiger partial charge in [0, 0.05) is 11.8 Å². The van der Waals surface area contributed by atoms with Crippen LogP contribution in [0.25, 0.3) is 10.8 Å². The number of amides is 3. The van der Waals surface area contributed by atoms with Crippen LogP contribution in [0.15, 0.2) is 60.7 Å². The lowest BCUT2D eigenvalue weighted by atomic mass is 10.0. The van der Waals surface area contributed by atoms with Crippen molar-refractivity contribution in [2.45, 2.75) is 32.2 Å². The number of ether oxygens (including phenoxy) is 1. The van der Waals surface area contributed by atoms with E-state index in [9.17, 15) is 31.6 Å². The fourth-order valence-corrected chi connectivity index (χ4v) is 5.27. The summed E-state index contributed by atoms with van der Waals surface area (Å²) in [6, 6.07) is 14.4. The number of hydrogen-bond donors (Lipinski definition) is 2. The van der Waals surface area contributed by atoms with Gasteiger partial charge in [-0.15, -0.1) is 12.4 Å². The zero-order valence-corrected chi connectivity index (χ0v) is 24.7. The highest BCUT2D eigenvalue weighted by molar-refractivity contribution is 7.91. The molecule has 2 atom stereocenters. The molecular weight excluding hydrogens is 594 g/mol. The number of alkyl halides is 2. The van der Waals surface area contributed by atoms with Gasteiger partial charge in [0.15, 0.2) is 9.84 Å². The minimum Gasteiger partial charge on any atom is -0.434 e. The first kappa shape index (κ1) is 32.7. The molecule has 0 spiro atoms. The summed E-state index contributed by atoms with van der Waals surface area (Å²) in [5, 5.41) is 6.72. The number of hydrogen-bond acceptors (Lipinski definition) is 7. The largest absolute Gasteiger partial charge is 0.434 e. The Morgan fingerprint density at radius 3 is 2.33 bits per heavy atom. The Hall–Kier alpha value is -3.81. The van der Waals surface area contributed by atoms with E-state index in [0.717, 1.165) is 16.5 Å². The van der Waals surface area contributed by atoms with E-state index in [4.69, 9.17) is 4.74 Å². The fraction of sp³-hybridized carbons (Fsp3) is 0.321. The number of para-hydroxylation sites is 2. The van der Waals surface area contributed by atoms with Crippen LogP contribution in [0.3, 0.4) is 0 Å². The molecule has 3 amide bonds. The normalized spacial score (nSPS) is 16.0. The second-order valence-corrected chi connectivity index (χ2v) is 11.8. The van der Waals surface area contributed by atoms with E-state index in [2.05, 4.69) is 10.6 Å². The van der Waals surface area contributed by atoms with E-state index in [1.807, 2.05) is 0 Å². The molecule has 1 aliphatic heterocycles. The molecule has 0 fully saturated rings. The highest BCUT2D eigenvalue weighted by Crippen LogP contribution is 2.37. The van der Waals surface area contributed by atoms with E-state index < -0.39 is 52.0 Å². The molecule has 2 N–H and O–H groups in total. The number of fused-ring (bicyclic) bond motifs is 2. The van der Waals surface area contributed by atoms with E-state index >= 15 is 0 Å². The van der Waals surface area contributed by atoms with Crippen molar-refractivity contribution in [3.05, 3.63) is 66.2 Å². The smallest absolute Gasteiger partial charge is 0.387 e. The molecule has 10 nitrogen and oxygen atoms in total. The van der Waals surface area contributed by atoms with E-state index in [0.29, 0.717) is 5.39 Å². The second kappa shape index (κ2) is 13.4. The first-order valence-corrected chi connectivity index (χ1v) is 14.8. The van der Waals surface area contributed by atoms with Crippen molar-refractivity contribution in [2.24, 2.45) is 0 Å². The molecule has 1 heterocycles. The van der Waals surface area contributed by atoms with Crippen LogP contribution in [0.4, 0.5) is 20.2 Å². The summed E-state index contributed by atoms with van der Waals surface area (Å²) in [4.78, 5) is 42.7. The van der Waals surface area contributed by atoms with Crippen LogP contribution in [0.5, 0.6) is 5.75 Å². The molecule has 42 heavy (non-hydrogen) atoms. The molecule has 0 radical (unpaired) electrons. The van der Waals surface area contributed by atoms with Crippen molar-refractivity contribution < 1.29 is 36.3 Å². The summed E-state index contributed by atoms with van der Waals surface area (Å²) in [6.07, 6.45) is 0.922. The van der Waals surface area contributed by atoms with E-state index in [1.165, 1.54) is 11.0 Å². The van der Waals surface area contributed by atoms with Crippen molar-refractivity contribution >= 4 is 62.1 Å². The zero-order valence-electron chi connectivity index (χ0n) is 23.0. The maximum absolute atomic E-state index is 14.1. The van der Waals surface area contributed by atoms with Crippen LogP contribution in [0, 0.1) is 0 Å². The SMILES string of the molecule is CN[C@@H](C)C(=O)N[C@H]1CN(C(=O)CS(C)(=O)=O)c2ccccc2N(Cc2c(OC(F)F)ccc3ccccc23)C1=O.Cl. The van der Waals surface area contributed by atoms with Crippen molar-refractivity contribution in [1.82, 2.24) is 10.6 Å². The third-order valence-electron chi connectivity index (χ3n) is 6.75. The fourth-order valence-electron chi connectivity index (χ4n) is 4.67. The van der Waals surface area contributed by atoms with Crippen LogP contribution < -0.4 is 25.2 Å². The van der Waals surface area contributed by atoms with Crippen LogP contribution in [0.2, 0.25) is 0 Å². The summed E-state index contributed by atoms with van der Waals surface area (Å²) < 4.78 is 55.6. The number of nitrogens with one attached hydrogen (secondary N) is 2. The zero-order chi connectivity index (χ0) is 29.9. The maximum atomic E-state index is 14.1. The number of halogens is 3. The average Bonchev–Trinajstić information content (AvgIpc) is 3.03. The lowest BCUT2D eigenvalue weighted by Gasteiger charge is -2.27. The Bertz CT molecular complexity index is 1590. The average molecular weight is 625 g/mol. The highest BCUT2D eigenvalue weighted by atomic mass is 35.5. The van der Waals surface area contributed by atoms with Crippen LogP contribution >= 0.6 is 12.4 Å². The Morgan fingerprint density at radius 1 is 1.05 bits per heavy atom. The van der Waals surface area contributed by atoms with Crippen molar-refractivity contribution in [1.29, 1.82) is 0 Å². The lowest BCUT2D eigenvalue weighted by Crippen LogP contribution is -2.56. The molecule has 3 aromatic rings. The van der Waals surface area contributed by atoms with Gasteiger partial charge >= 0.3 is 6.61 Å². The van der Waals surface area contributed by atoms with Gasteiger partial charge in [0.05, 0.1) is 30.5 Å². The predicted molar refractivity (Wildman–Crippen MR) is 158 cm³/mol. The minimum absolute atomic E-state index is 0. The summed E-state index contributed by atoms with van der Waals surface area (Å²) in [6.45, 7) is -2.14. The first-order valence-electron chi connectivity index (χ1n) is 12.7. The monoisotopic (exact) mass is 624 g/mol. The molecule has 226 valence electrons. The summed E-state index contributed by atoms with van der Waals surface area (Å²) in [5.74, 6) is -2.90. The molecule has 1 aliphatic rings. The van der Waals surface area contributed by atoms with Gasteiger partial charge in [0.2, 0.25) is 11.8 Å². The number of nitrogens with zero attached hydrogens (tertiary/aromatic N) is 2. The Kier molecular flexibility index (Phi) is 10.5. The lowest BCUT2D eigenvalue weighted by molar-refractivity contribution is -0.128. The van der Waals surface area contributed by atoms with Gasteiger partial charge in [-0.05, 0) is 42.9 Å². The molecule has 3 aromatic carbocycles. The van der Waals surface area contributed by atoms with Crippen molar-refractivity contribution in [2.75, 3.05) is 35.4 Å². The second-order valence-electron chi connectivity index (χ2n) is 9.70. The highest BCUT2D eigenvalue weighted by Gasteiger charge is 2.38. The number of anilines is 2. The van der Waals surface area contributed by atoms with Crippen LogP contribution in [0.1, 0.15) is 12.5 Å². The van der Waals surface area contributed by atoms with Gasteiger partial charge < -0.3 is 25.2 Å². The molecule has 0 unspecified atom stereocenters. The third kappa shape index (κ3) is 7.33. The number of carbonyl (C=O) groups excluding carboxylic acids is 3. The maximum Gasteiger partial charge on any atom is 0.387 e. The molecule has 0 saturated carbocycles. The molecule has 0 saturated heterocycles. The first-order chi connectivity index (χ1) is 19.4. The third-order valence-corrected chi connectivity index (χ3v) is 7.52. The minimum atomic E-state index is -3.74. The molecule has 14 heteroatoms. The van der Waals surface area contributed by atoms with Crippen molar-refractivity contribution in [3.8, 4) is 5.75 Å². The predicted octanol–water partition coefficient (Wildman–Crippen LogP) is 2.88. The molecule has 0 aromatic heterocycles. The Morgan fingerprint density at radius 2 is 1.69 bits per heavy atom. The van der Waals surface area contributed by atoms with Gasteiger partial charge in [0.25, 0.3) is 5.91 Å². The van der Waals surface area contributed by atoms with Crippen LogP contribution in [-0.2, 0) is 30.8 Å². The summed E-state index contributed by atoms with van der Waals surface area (Å²) in [5.41, 5.74) is 0.745. The molecule has 0 bridgehead atoms. The van der Waals surface area contributed by atoms with Crippen molar-refractivity contribution in [3.63, 3.8) is 0 Å². The van der Waals surface area contributed by atoms with Gasteiger partial charge in [-0.3, -0.25) is 14.4 Å². The van der Waals surface area contributed by atoms with Gasteiger partial charge in [-0.2, -0.15) is 8.78 Å². The van der Waals surface area contributed by atoms with Gasteiger partial charge in [-0.1, -0.05) is 42.5 Å². The number of rotatable bonds is 9. The number of likely N-dealkylation sites (N-methyl/N-ethyl adjacent to an activating group) is 1. The number of benzene rings is 3. The number of sulfone groups is 1. The van der Waals surface area contributed by atoms with Gasteiger partial charge in [-0.25, -0.2) is 8.42 Å². The molecular formula is C28H31ClF2N4O6S. The quantitative estimate of drug-likeness (QED) is 0.375. The Balaban J connectivity index is 0.00000484. The standard InChI is InChI=1S/C28H30F2N4O6S.ClH/c1-17(31-2)26(36)32-21-15-33(25(35)16-41(3,38)39)22-10-6-7-11-23(22)34(27(21)37)14-20-19-9-5-4-8-18(19)12-13-24(20)40-28(29)30;/h4-13,17,21,28,31H,14-16H2,1-3H3,(H,32,36);1H/t17-,21-;/m0./s1. The molecule has 0 aliphatic carbocycles. The van der Waals surface area contributed by atoms with E-state index in [1.54, 1.807) is 68.6 Å². The summed E-state index contributed by atoms with van der Waals surface area (Å²) >= 11 is 0. The molecule has 4 rings (SSSR count). The Labute approximate surface area is 248 Å². The topological polar surface area (TPSA) is 125 Å². The van der Waals surface area contributed by atoms with E-state index in [-0.39, 0.29) is 48.2 Å². The summed E-state index contributed by atoms with van der Waals surface area (Å²) in [7, 11) is -2.17.